The van der Waals surface area contributed by atoms with Crippen molar-refractivity contribution in [2.75, 3.05) is 5.73 Å². The van der Waals surface area contributed by atoms with Gasteiger partial charge in [-0.25, -0.2) is 13.5 Å². The molecule has 0 saturated heterocycles. The van der Waals surface area contributed by atoms with Crippen molar-refractivity contribution in [3.63, 3.8) is 0 Å². The number of hydrogen-bond donors (Lipinski definition) is 1. The van der Waals surface area contributed by atoms with E-state index >= 15 is 0 Å². The van der Waals surface area contributed by atoms with Crippen LogP contribution in [0.1, 0.15) is 5.56 Å². The summed E-state index contributed by atoms with van der Waals surface area (Å²) in [5, 5.41) is 4.35. The van der Waals surface area contributed by atoms with Gasteiger partial charge in [0.1, 0.15) is 17.3 Å². The third-order valence-electron chi connectivity index (χ3n) is 3.24. The lowest BCUT2D eigenvalue weighted by Crippen LogP contribution is -1.97. The molecule has 1 aromatic heterocycles. The molecule has 106 valence electrons. The Kier molecular flexibility index (Phi) is 3.17. The number of aromatic nitrogens is 2. The number of para-hydroxylation sites is 1. The van der Waals surface area contributed by atoms with Crippen LogP contribution in [0.5, 0.6) is 0 Å². The van der Waals surface area contributed by atoms with Gasteiger partial charge in [0.2, 0.25) is 0 Å². The topological polar surface area (TPSA) is 43.8 Å². The maximum Gasteiger partial charge on any atom is 0.126 e. The lowest BCUT2D eigenvalue weighted by molar-refractivity contribution is 0.584. The van der Waals surface area contributed by atoms with Crippen LogP contribution in [0, 0.1) is 18.6 Å². The number of nitrogen functional groups attached to an aromatic ring is 1. The highest BCUT2D eigenvalue weighted by molar-refractivity contribution is 5.72. The summed E-state index contributed by atoms with van der Waals surface area (Å²) < 4.78 is 28.3. The molecule has 0 spiro atoms. The number of rotatable bonds is 2. The highest BCUT2D eigenvalue weighted by Crippen LogP contribution is 2.27. The molecule has 0 saturated carbocycles. The fourth-order valence-corrected chi connectivity index (χ4v) is 2.25. The molecule has 0 amide bonds. The summed E-state index contributed by atoms with van der Waals surface area (Å²) in [5.41, 5.74) is 8.86. The van der Waals surface area contributed by atoms with Crippen molar-refractivity contribution in [3.05, 3.63) is 65.9 Å². The zero-order valence-corrected chi connectivity index (χ0v) is 11.3. The van der Waals surface area contributed by atoms with E-state index in [1.165, 1.54) is 12.1 Å². The van der Waals surface area contributed by atoms with E-state index in [-0.39, 0.29) is 0 Å². The van der Waals surface area contributed by atoms with Crippen molar-refractivity contribution in [3.8, 4) is 16.9 Å². The Labute approximate surface area is 120 Å². The molecule has 0 radical (unpaired) electrons. The van der Waals surface area contributed by atoms with Crippen molar-refractivity contribution in [1.82, 2.24) is 9.78 Å². The molecule has 2 aromatic carbocycles. The summed E-state index contributed by atoms with van der Waals surface area (Å²) in [5.74, 6) is -1.32. The molecule has 21 heavy (non-hydrogen) atoms. The molecule has 0 aliphatic rings. The van der Waals surface area contributed by atoms with Gasteiger partial charge in [0.25, 0.3) is 0 Å². The first-order valence-corrected chi connectivity index (χ1v) is 6.42. The van der Waals surface area contributed by atoms with Crippen LogP contribution in [0.4, 0.5) is 14.5 Å². The van der Waals surface area contributed by atoms with Gasteiger partial charge in [-0.05, 0) is 30.7 Å². The Morgan fingerprint density at radius 3 is 2.38 bits per heavy atom. The van der Waals surface area contributed by atoms with Crippen molar-refractivity contribution in [2.45, 2.75) is 6.92 Å². The average molecular weight is 285 g/mol. The van der Waals surface area contributed by atoms with Crippen LogP contribution in [0.3, 0.4) is 0 Å². The summed E-state index contributed by atoms with van der Waals surface area (Å²) >= 11 is 0. The van der Waals surface area contributed by atoms with Gasteiger partial charge < -0.3 is 5.73 Å². The molecule has 0 aliphatic heterocycles. The fraction of sp³-hybridized carbons (Fsp3) is 0.0625. The van der Waals surface area contributed by atoms with Crippen LogP contribution < -0.4 is 5.73 Å². The molecule has 0 fully saturated rings. The highest BCUT2D eigenvalue weighted by atomic mass is 19.1. The maximum absolute atomic E-state index is 13.3. The van der Waals surface area contributed by atoms with Crippen LogP contribution in [0.15, 0.2) is 48.7 Å². The summed E-state index contributed by atoms with van der Waals surface area (Å²) in [6.07, 6.45) is 1.64. The minimum Gasteiger partial charge on any atom is -0.396 e. The van der Waals surface area contributed by atoms with E-state index in [0.717, 1.165) is 17.3 Å². The number of hydrogen-bond acceptors (Lipinski definition) is 2. The molecule has 0 bridgehead atoms. The molecule has 2 N–H and O–H groups in total. The second kappa shape index (κ2) is 5.01. The molecule has 0 unspecified atom stereocenters. The second-order valence-corrected chi connectivity index (χ2v) is 4.82. The molecular formula is C16H13F2N3. The van der Waals surface area contributed by atoms with Crippen LogP contribution in [-0.4, -0.2) is 9.78 Å². The minimum atomic E-state index is -0.658. The third kappa shape index (κ3) is 2.50. The quantitative estimate of drug-likeness (QED) is 0.780. The Morgan fingerprint density at radius 2 is 1.71 bits per heavy atom. The van der Waals surface area contributed by atoms with Gasteiger partial charge in [-0.15, -0.1) is 0 Å². The van der Waals surface area contributed by atoms with Gasteiger partial charge >= 0.3 is 0 Å². The van der Waals surface area contributed by atoms with Crippen LogP contribution in [0.25, 0.3) is 16.9 Å². The first-order chi connectivity index (χ1) is 10.0. The number of halogens is 2. The van der Waals surface area contributed by atoms with Gasteiger partial charge in [-0.1, -0.05) is 18.2 Å². The largest absolute Gasteiger partial charge is 0.396 e. The lowest BCUT2D eigenvalue weighted by Gasteiger charge is -2.04. The maximum atomic E-state index is 13.3. The van der Waals surface area contributed by atoms with E-state index in [1.54, 1.807) is 10.9 Å². The van der Waals surface area contributed by atoms with Crippen LogP contribution >= 0.6 is 0 Å². The predicted octanol–water partition coefficient (Wildman–Crippen LogP) is 3.71. The van der Waals surface area contributed by atoms with Gasteiger partial charge in [0.15, 0.2) is 0 Å². The van der Waals surface area contributed by atoms with E-state index in [4.69, 9.17) is 5.73 Å². The Balaban J connectivity index is 2.12. The number of anilines is 1. The number of benzene rings is 2. The average Bonchev–Trinajstić information content (AvgIpc) is 2.80. The van der Waals surface area contributed by atoms with Crippen molar-refractivity contribution >= 4 is 5.69 Å². The van der Waals surface area contributed by atoms with Crippen molar-refractivity contribution in [2.24, 2.45) is 0 Å². The molecule has 1 heterocycles. The summed E-state index contributed by atoms with van der Waals surface area (Å²) in [6.45, 7) is 1.95. The Hall–Kier alpha value is -2.69. The smallest absolute Gasteiger partial charge is 0.126 e. The fourth-order valence-electron chi connectivity index (χ4n) is 2.25. The number of nitrogens with zero attached hydrogens (tertiary/aromatic N) is 2. The number of nitrogens with two attached hydrogens (primary N) is 1. The van der Waals surface area contributed by atoms with E-state index in [0.29, 0.717) is 16.9 Å². The molecule has 0 atom stereocenters. The van der Waals surface area contributed by atoms with Gasteiger partial charge in [0, 0.05) is 11.6 Å². The van der Waals surface area contributed by atoms with Crippen molar-refractivity contribution in [1.29, 1.82) is 0 Å². The Morgan fingerprint density at radius 1 is 1.05 bits per heavy atom. The first-order valence-electron chi connectivity index (χ1n) is 6.42. The van der Waals surface area contributed by atoms with E-state index in [9.17, 15) is 8.78 Å². The molecule has 3 rings (SSSR count). The monoisotopic (exact) mass is 285 g/mol. The predicted molar refractivity (Wildman–Crippen MR) is 78.1 cm³/mol. The summed E-state index contributed by atoms with van der Waals surface area (Å²) in [4.78, 5) is 0. The van der Waals surface area contributed by atoms with E-state index in [2.05, 4.69) is 5.10 Å². The molecule has 3 aromatic rings. The Bertz CT molecular complexity index is 789. The zero-order chi connectivity index (χ0) is 15.0. The minimum absolute atomic E-state index is 0.317. The summed E-state index contributed by atoms with van der Waals surface area (Å²) in [6, 6.07) is 10.9. The van der Waals surface area contributed by atoms with Gasteiger partial charge in [-0.3, -0.25) is 0 Å². The molecule has 0 aliphatic carbocycles. The third-order valence-corrected chi connectivity index (χ3v) is 3.24. The van der Waals surface area contributed by atoms with Crippen molar-refractivity contribution < 1.29 is 8.78 Å². The van der Waals surface area contributed by atoms with E-state index in [1.807, 2.05) is 31.2 Å². The zero-order valence-electron chi connectivity index (χ0n) is 11.3. The van der Waals surface area contributed by atoms with Crippen LogP contribution in [-0.2, 0) is 0 Å². The van der Waals surface area contributed by atoms with E-state index < -0.39 is 11.6 Å². The standard InChI is InChI=1S/C16H13F2N3/c1-10-4-2-3-5-15(10)21-9-14(19)16(20-21)11-6-12(17)8-13(18)7-11/h2-9H,19H2,1H3. The molecule has 5 heteroatoms. The first kappa shape index (κ1) is 13.3. The summed E-state index contributed by atoms with van der Waals surface area (Å²) in [7, 11) is 0. The second-order valence-electron chi connectivity index (χ2n) is 4.82. The SMILES string of the molecule is Cc1ccccc1-n1cc(N)c(-c2cc(F)cc(F)c2)n1. The number of aryl methyl sites for hydroxylation is 1. The highest BCUT2D eigenvalue weighted by Gasteiger charge is 2.12. The van der Waals surface area contributed by atoms with Gasteiger partial charge in [0.05, 0.1) is 17.6 Å². The lowest BCUT2D eigenvalue weighted by atomic mass is 10.1. The normalized spacial score (nSPS) is 10.8. The molecular weight excluding hydrogens is 272 g/mol. The molecule has 3 nitrogen and oxygen atoms in total. The van der Waals surface area contributed by atoms with Gasteiger partial charge in [-0.2, -0.15) is 5.10 Å². The van der Waals surface area contributed by atoms with Crippen LogP contribution in [0.2, 0.25) is 0 Å².